The van der Waals surface area contributed by atoms with Gasteiger partial charge < -0.3 is 9.64 Å². The number of carbonyl (C=O) groups is 1. The van der Waals surface area contributed by atoms with Crippen molar-refractivity contribution in [3.8, 4) is 0 Å². The SMILES string of the molecule is CC1CN(C(=O)c2ccc(I)c(Cl)c2)CCCO1. The summed E-state index contributed by atoms with van der Waals surface area (Å²) in [4.78, 5) is 14.2. The van der Waals surface area contributed by atoms with E-state index in [0.717, 1.165) is 23.1 Å². The van der Waals surface area contributed by atoms with Crippen LogP contribution in [0.2, 0.25) is 5.02 Å². The van der Waals surface area contributed by atoms with Gasteiger partial charge in [-0.1, -0.05) is 11.6 Å². The molecule has 98 valence electrons. The van der Waals surface area contributed by atoms with Crippen molar-refractivity contribution in [1.29, 1.82) is 0 Å². The zero-order chi connectivity index (χ0) is 13.1. The van der Waals surface area contributed by atoms with E-state index >= 15 is 0 Å². The van der Waals surface area contributed by atoms with Gasteiger partial charge in [0.15, 0.2) is 0 Å². The van der Waals surface area contributed by atoms with Gasteiger partial charge in [0.1, 0.15) is 0 Å². The molecule has 1 atom stereocenters. The quantitative estimate of drug-likeness (QED) is 0.701. The van der Waals surface area contributed by atoms with Gasteiger partial charge in [-0.05, 0) is 54.1 Å². The number of halogens is 2. The van der Waals surface area contributed by atoms with Gasteiger partial charge in [0.25, 0.3) is 5.91 Å². The Balaban J connectivity index is 2.16. The average Bonchev–Trinajstić information content (AvgIpc) is 2.56. The van der Waals surface area contributed by atoms with Crippen molar-refractivity contribution in [2.75, 3.05) is 19.7 Å². The molecule has 1 aliphatic rings. The van der Waals surface area contributed by atoms with Crippen molar-refractivity contribution >= 4 is 40.1 Å². The van der Waals surface area contributed by atoms with Gasteiger partial charge in [0.2, 0.25) is 0 Å². The highest BCUT2D eigenvalue weighted by Crippen LogP contribution is 2.21. The third-order valence-corrected chi connectivity index (χ3v) is 4.48. The predicted octanol–water partition coefficient (Wildman–Crippen LogP) is 3.20. The highest BCUT2D eigenvalue weighted by atomic mass is 127. The number of benzene rings is 1. The molecule has 1 aromatic rings. The first-order valence-electron chi connectivity index (χ1n) is 5.94. The van der Waals surface area contributed by atoms with Crippen molar-refractivity contribution in [3.05, 3.63) is 32.4 Å². The minimum absolute atomic E-state index is 0.0330. The molecule has 0 spiro atoms. The number of amides is 1. The maximum Gasteiger partial charge on any atom is 0.253 e. The molecule has 18 heavy (non-hydrogen) atoms. The van der Waals surface area contributed by atoms with Crippen LogP contribution in [-0.4, -0.2) is 36.6 Å². The highest BCUT2D eigenvalue weighted by molar-refractivity contribution is 14.1. The van der Waals surface area contributed by atoms with Gasteiger partial charge in [0.05, 0.1) is 11.1 Å². The molecule has 0 N–H and O–H groups in total. The molecule has 1 amide bonds. The second kappa shape index (κ2) is 6.21. The summed E-state index contributed by atoms with van der Waals surface area (Å²) in [7, 11) is 0. The summed E-state index contributed by atoms with van der Waals surface area (Å²) in [6.45, 7) is 4.10. The van der Waals surface area contributed by atoms with E-state index < -0.39 is 0 Å². The predicted molar refractivity (Wildman–Crippen MR) is 80.1 cm³/mol. The van der Waals surface area contributed by atoms with Crippen LogP contribution >= 0.6 is 34.2 Å². The summed E-state index contributed by atoms with van der Waals surface area (Å²) in [5.41, 5.74) is 0.648. The molecule has 1 saturated heterocycles. The Bertz CT molecular complexity index is 453. The Labute approximate surface area is 126 Å². The Hall–Kier alpha value is -0.330. The Kier molecular flexibility index (Phi) is 4.86. The van der Waals surface area contributed by atoms with Crippen LogP contribution in [0, 0.1) is 3.57 Å². The van der Waals surface area contributed by atoms with Crippen LogP contribution in [0.3, 0.4) is 0 Å². The maximum absolute atomic E-state index is 12.4. The van der Waals surface area contributed by atoms with Crippen LogP contribution in [0.25, 0.3) is 0 Å². The van der Waals surface area contributed by atoms with Gasteiger partial charge >= 0.3 is 0 Å². The van der Waals surface area contributed by atoms with Gasteiger partial charge in [-0.3, -0.25) is 4.79 Å². The van der Waals surface area contributed by atoms with Gasteiger partial charge in [0, 0.05) is 28.8 Å². The summed E-state index contributed by atoms with van der Waals surface area (Å²) < 4.78 is 6.50. The van der Waals surface area contributed by atoms with Crippen LogP contribution in [0.5, 0.6) is 0 Å². The molecular formula is C13H15ClINO2. The summed E-state index contributed by atoms with van der Waals surface area (Å²) in [6, 6.07) is 5.43. The molecule has 0 radical (unpaired) electrons. The number of hydrogen-bond acceptors (Lipinski definition) is 2. The van der Waals surface area contributed by atoms with Crippen molar-refractivity contribution in [2.45, 2.75) is 19.4 Å². The number of ether oxygens (including phenoxy) is 1. The molecular weight excluding hydrogens is 365 g/mol. The highest BCUT2D eigenvalue weighted by Gasteiger charge is 2.21. The molecule has 0 bridgehead atoms. The Morgan fingerprint density at radius 2 is 2.33 bits per heavy atom. The summed E-state index contributed by atoms with van der Waals surface area (Å²) in [5, 5.41) is 0.626. The normalized spacial score (nSPS) is 20.6. The standard InChI is InChI=1S/C13H15ClINO2/c1-9-8-16(5-2-6-18-9)13(17)10-3-4-12(15)11(14)7-10/h3-4,7,9H,2,5-6,8H2,1H3. The minimum atomic E-state index is 0.0330. The fraction of sp³-hybridized carbons (Fsp3) is 0.462. The number of rotatable bonds is 1. The monoisotopic (exact) mass is 379 g/mol. The first-order valence-corrected chi connectivity index (χ1v) is 7.39. The van der Waals surface area contributed by atoms with E-state index in [9.17, 15) is 4.79 Å². The smallest absolute Gasteiger partial charge is 0.253 e. The van der Waals surface area contributed by atoms with E-state index in [1.165, 1.54) is 0 Å². The van der Waals surface area contributed by atoms with Crippen LogP contribution < -0.4 is 0 Å². The fourth-order valence-electron chi connectivity index (χ4n) is 1.99. The first kappa shape index (κ1) is 14.1. The molecule has 0 saturated carbocycles. The van der Waals surface area contributed by atoms with Crippen LogP contribution in [0.1, 0.15) is 23.7 Å². The lowest BCUT2D eigenvalue weighted by atomic mass is 10.2. The molecule has 3 nitrogen and oxygen atoms in total. The lowest BCUT2D eigenvalue weighted by Crippen LogP contribution is -2.35. The Morgan fingerprint density at radius 1 is 1.56 bits per heavy atom. The van der Waals surface area contributed by atoms with Crippen molar-refractivity contribution in [1.82, 2.24) is 4.90 Å². The average molecular weight is 380 g/mol. The van der Waals surface area contributed by atoms with Crippen molar-refractivity contribution < 1.29 is 9.53 Å². The van der Waals surface area contributed by atoms with Gasteiger partial charge in [-0.15, -0.1) is 0 Å². The lowest BCUT2D eigenvalue weighted by Gasteiger charge is -2.22. The van der Waals surface area contributed by atoms with E-state index in [1.54, 1.807) is 6.07 Å². The van der Waals surface area contributed by atoms with Crippen molar-refractivity contribution in [2.24, 2.45) is 0 Å². The third-order valence-electron chi connectivity index (χ3n) is 2.91. The molecule has 1 heterocycles. The second-order valence-corrected chi connectivity index (χ2v) is 5.98. The van der Waals surface area contributed by atoms with Crippen LogP contribution in [0.15, 0.2) is 18.2 Å². The minimum Gasteiger partial charge on any atom is -0.377 e. The number of nitrogens with zero attached hydrogens (tertiary/aromatic N) is 1. The lowest BCUT2D eigenvalue weighted by molar-refractivity contribution is 0.0562. The van der Waals surface area contributed by atoms with Gasteiger partial charge in [-0.25, -0.2) is 0 Å². The number of hydrogen-bond donors (Lipinski definition) is 0. The zero-order valence-corrected chi connectivity index (χ0v) is 13.1. The summed E-state index contributed by atoms with van der Waals surface area (Å²) in [5.74, 6) is 0.0330. The Morgan fingerprint density at radius 3 is 3.06 bits per heavy atom. The maximum atomic E-state index is 12.4. The molecule has 1 aromatic carbocycles. The second-order valence-electron chi connectivity index (χ2n) is 4.42. The molecule has 1 aliphatic heterocycles. The zero-order valence-electron chi connectivity index (χ0n) is 10.2. The van der Waals surface area contributed by atoms with Crippen LogP contribution in [0.4, 0.5) is 0 Å². The van der Waals surface area contributed by atoms with E-state index in [-0.39, 0.29) is 12.0 Å². The summed E-state index contributed by atoms with van der Waals surface area (Å²) >= 11 is 8.21. The summed E-state index contributed by atoms with van der Waals surface area (Å²) in [6.07, 6.45) is 0.976. The molecule has 5 heteroatoms. The van der Waals surface area contributed by atoms with Crippen molar-refractivity contribution in [3.63, 3.8) is 0 Å². The van der Waals surface area contributed by atoms with Gasteiger partial charge in [-0.2, -0.15) is 0 Å². The fourth-order valence-corrected chi connectivity index (χ4v) is 2.51. The topological polar surface area (TPSA) is 29.5 Å². The molecule has 0 aliphatic carbocycles. The van der Waals surface area contributed by atoms with E-state index in [4.69, 9.17) is 16.3 Å². The molecule has 1 fully saturated rings. The van der Waals surface area contributed by atoms with Crippen LogP contribution in [-0.2, 0) is 4.74 Å². The number of carbonyl (C=O) groups excluding carboxylic acids is 1. The van der Waals surface area contributed by atoms with E-state index in [1.807, 2.05) is 24.0 Å². The third kappa shape index (κ3) is 3.36. The molecule has 0 aromatic heterocycles. The largest absolute Gasteiger partial charge is 0.377 e. The van der Waals surface area contributed by atoms with E-state index in [0.29, 0.717) is 17.1 Å². The molecule has 2 rings (SSSR count). The first-order chi connectivity index (χ1) is 8.58. The van der Waals surface area contributed by atoms with E-state index in [2.05, 4.69) is 22.6 Å². The molecule has 1 unspecified atom stereocenters.